The average Bonchev–Trinajstić information content (AvgIpc) is 3.07. The summed E-state index contributed by atoms with van der Waals surface area (Å²) in [6.07, 6.45) is 4.45. The van der Waals surface area contributed by atoms with Gasteiger partial charge in [-0.15, -0.1) is 0 Å². The summed E-state index contributed by atoms with van der Waals surface area (Å²) in [6.45, 7) is 9.32. The molecule has 1 amide bonds. The van der Waals surface area contributed by atoms with E-state index in [1.807, 2.05) is 24.6 Å². The van der Waals surface area contributed by atoms with Gasteiger partial charge in [0.25, 0.3) is 0 Å². The molecule has 0 unspecified atom stereocenters. The molecule has 0 aliphatic heterocycles. The van der Waals surface area contributed by atoms with Crippen LogP contribution in [0.2, 0.25) is 0 Å². The molecular formula is C15H23N5O. The Labute approximate surface area is 125 Å². The first-order valence-electron chi connectivity index (χ1n) is 7.34. The predicted octanol–water partition coefficient (Wildman–Crippen LogP) is 1.64. The fraction of sp³-hybridized carbons (Fsp3) is 0.533. The molecule has 114 valence electrons. The summed E-state index contributed by atoms with van der Waals surface area (Å²) in [5.41, 5.74) is 3.56. The zero-order chi connectivity index (χ0) is 15.4. The molecule has 2 aromatic heterocycles. The van der Waals surface area contributed by atoms with Crippen molar-refractivity contribution in [3.63, 3.8) is 0 Å². The van der Waals surface area contributed by atoms with Crippen molar-refractivity contribution in [1.82, 2.24) is 24.9 Å². The summed E-state index contributed by atoms with van der Waals surface area (Å²) in [4.78, 5) is 12.0. The molecule has 0 spiro atoms. The van der Waals surface area contributed by atoms with E-state index in [0.29, 0.717) is 13.1 Å². The van der Waals surface area contributed by atoms with E-state index < -0.39 is 0 Å². The molecule has 0 saturated heterocycles. The van der Waals surface area contributed by atoms with E-state index in [1.165, 1.54) is 11.3 Å². The van der Waals surface area contributed by atoms with Gasteiger partial charge in [-0.2, -0.15) is 10.2 Å². The van der Waals surface area contributed by atoms with Crippen LogP contribution in [-0.2, 0) is 17.8 Å². The lowest BCUT2D eigenvalue weighted by Gasteiger charge is -2.13. The molecule has 0 aliphatic rings. The molecule has 0 fully saturated rings. The van der Waals surface area contributed by atoms with Gasteiger partial charge in [-0.1, -0.05) is 6.92 Å². The third-order valence-corrected chi connectivity index (χ3v) is 3.81. The number of rotatable bonds is 6. The van der Waals surface area contributed by atoms with Gasteiger partial charge in [0, 0.05) is 24.6 Å². The maximum atomic E-state index is 12.0. The van der Waals surface area contributed by atoms with Gasteiger partial charge in [0.15, 0.2) is 0 Å². The minimum absolute atomic E-state index is 0.0315. The number of amides is 1. The fourth-order valence-electron chi connectivity index (χ4n) is 2.53. The Kier molecular flexibility index (Phi) is 4.77. The third-order valence-electron chi connectivity index (χ3n) is 3.81. The molecule has 1 atom stereocenters. The van der Waals surface area contributed by atoms with Gasteiger partial charge in [0.05, 0.1) is 12.2 Å². The predicted molar refractivity (Wildman–Crippen MR) is 81.0 cm³/mol. The summed E-state index contributed by atoms with van der Waals surface area (Å²) in [5, 5.41) is 11.5. The van der Waals surface area contributed by atoms with Gasteiger partial charge in [0.1, 0.15) is 6.04 Å². The Morgan fingerprint density at radius 3 is 2.76 bits per heavy atom. The summed E-state index contributed by atoms with van der Waals surface area (Å²) in [5.74, 6) is -0.0315. The van der Waals surface area contributed by atoms with Crippen LogP contribution in [-0.4, -0.2) is 32.0 Å². The van der Waals surface area contributed by atoms with Crippen molar-refractivity contribution in [2.24, 2.45) is 0 Å². The second kappa shape index (κ2) is 6.56. The number of carbonyl (C=O) groups is 1. The minimum atomic E-state index is -0.299. The Morgan fingerprint density at radius 1 is 1.43 bits per heavy atom. The Bertz CT molecular complexity index is 600. The van der Waals surface area contributed by atoms with Gasteiger partial charge in [-0.25, -0.2) is 0 Å². The molecule has 21 heavy (non-hydrogen) atoms. The molecule has 6 nitrogen and oxygen atoms in total. The maximum absolute atomic E-state index is 12.0. The molecule has 1 N–H and O–H groups in total. The van der Waals surface area contributed by atoms with Crippen LogP contribution in [0, 0.1) is 13.8 Å². The standard InChI is InChI=1S/C15H23N5O/c1-5-14-11(2)18-20(12(14)3)10-8-16-15(21)13(4)19-9-6-7-17-19/h6-7,9,13H,5,8,10H2,1-4H3,(H,16,21)/t13-/m0/s1. The normalized spacial score (nSPS) is 12.4. The van der Waals surface area contributed by atoms with Crippen molar-refractivity contribution in [1.29, 1.82) is 0 Å². The van der Waals surface area contributed by atoms with Crippen molar-refractivity contribution in [2.75, 3.05) is 6.54 Å². The van der Waals surface area contributed by atoms with E-state index in [1.54, 1.807) is 17.1 Å². The summed E-state index contributed by atoms with van der Waals surface area (Å²) < 4.78 is 3.61. The van der Waals surface area contributed by atoms with Gasteiger partial charge in [-0.3, -0.25) is 14.2 Å². The van der Waals surface area contributed by atoms with Gasteiger partial charge < -0.3 is 5.32 Å². The second-order valence-electron chi connectivity index (χ2n) is 5.18. The van der Waals surface area contributed by atoms with Crippen LogP contribution < -0.4 is 5.32 Å². The van der Waals surface area contributed by atoms with E-state index in [0.717, 1.165) is 12.1 Å². The first-order chi connectivity index (χ1) is 10.0. The van der Waals surface area contributed by atoms with Gasteiger partial charge in [0.2, 0.25) is 5.91 Å². The highest BCUT2D eigenvalue weighted by Crippen LogP contribution is 2.13. The Balaban J connectivity index is 1.88. The smallest absolute Gasteiger partial charge is 0.244 e. The highest BCUT2D eigenvalue weighted by molar-refractivity contribution is 5.79. The van der Waals surface area contributed by atoms with Crippen molar-refractivity contribution in [3.05, 3.63) is 35.4 Å². The largest absolute Gasteiger partial charge is 0.352 e. The highest BCUT2D eigenvalue weighted by Gasteiger charge is 2.15. The second-order valence-corrected chi connectivity index (χ2v) is 5.18. The van der Waals surface area contributed by atoms with Crippen LogP contribution in [0.15, 0.2) is 18.5 Å². The van der Waals surface area contributed by atoms with Crippen LogP contribution >= 0.6 is 0 Å². The number of nitrogens with one attached hydrogen (secondary N) is 1. The quantitative estimate of drug-likeness (QED) is 0.879. The van der Waals surface area contributed by atoms with E-state index in [9.17, 15) is 4.79 Å². The molecule has 0 aromatic carbocycles. The molecule has 2 rings (SSSR count). The number of aryl methyl sites for hydroxylation is 1. The number of carbonyl (C=O) groups excluding carboxylic acids is 1. The van der Waals surface area contributed by atoms with E-state index in [2.05, 4.69) is 29.4 Å². The lowest BCUT2D eigenvalue weighted by Crippen LogP contribution is -2.33. The lowest BCUT2D eigenvalue weighted by molar-refractivity contribution is -0.124. The minimum Gasteiger partial charge on any atom is -0.352 e. The first kappa shape index (κ1) is 15.3. The fourth-order valence-corrected chi connectivity index (χ4v) is 2.53. The van der Waals surface area contributed by atoms with Crippen LogP contribution in [0.25, 0.3) is 0 Å². The van der Waals surface area contributed by atoms with E-state index in [-0.39, 0.29) is 11.9 Å². The molecule has 0 saturated carbocycles. The highest BCUT2D eigenvalue weighted by atomic mass is 16.2. The molecule has 6 heteroatoms. The third kappa shape index (κ3) is 3.32. The van der Waals surface area contributed by atoms with E-state index >= 15 is 0 Å². The van der Waals surface area contributed by atoms with E-state index in [4.69, 9.17) is 0 Å². The van der Waals surface area contributed by atoms with Crippen molar-refractivity contribution in [2.45, 2.75) is 46.7 Å². The Hall–Kier alpha value is -2.11. The topological polar surface area (TPSA) is 64.7 Å². The van der Waals surface area contributed by atoms with Crippen LogP contribution in [0.4, 0.5) is 0 Å². The lowest BCUT2D eigenvalue weighted by atomic mass is 10.1. The Morgan fingerprint density at radius 2 is 2.19 bits per heavy atom. The van der Waals surface area contributed by atoms with Crippen molar-refractivity contribution >= 4 is 5.91 Å². The van der Waals surface area contributed by atoms with Crippen molar-refractivity contribution < 1.29 is 4.79 Å². The molecule has 2 aromatic rings. The molecule has 0 bridgehead atoms. The maximum Gasteiger partial charge on any atom is 0.244 e. The zero-order valence-corrected chi connectivity index (χ0v) is 13.1. The number of hydrogen-bond donors (Lipinski definition) is 1. The molecule has 2 heterocycles. The molecular weight excluding hydrogens is 266 g/mol. The van der Waals surface area contributed by atoms with Gasteiger partial charge in [-0.05, 0) is 38.8 Å². The average molecular weight is 289 g/mol. The van der Waals surface area contributed by atoms with Crippen LogP contribution in [0.5, 0.6) is 0 Å². The molecule has 0 radical (unpaired) electrons. The van der Waals surface area contributed by atoms with Crippen LogP contribution in [0.3, 0.4) is 0 Å². The summed E-state index contributed by atoms with van der Waals surface area (Å²) in [6, 6.07) is 1.51. The summed E-state index contributed by atoms with van der Waals surface area (Å²) >= 11 is 0. The summed E-state index contributed by atoms with van der Waals surface area (Å²) in [7, 11) is 0. The zero-order valence-electron chi connectivity index (χ0n) is 13.1. The number of nitrogens with zero attached hydrogens (tertiary/aromatic N) is 4. The van der Waals surface area contributed by atoms with Gasteiger partial charge >= 0.3 is 0 Å². The number of aromatic nitrogens is 4. The molecule has 0 aliphatic carbocycles. The van der Waals surface area contributed by atoms with Crippen molar-refractivity contribution in [3.8, 4) is 0 Å². The first-order valence-corrected chi connectivity index (χ1v) is 7.34. The SMILES string of the molecule is CCc1c(C)nn(CCNC(=O)[C@H](C)n2cccn2)c1C. The monoisotopic (exact) mass is 289 g/mol. The van der Waals surface area contributed by atoms with Crippen LogP contribution in [0.1, 0.15) is 36.8 Å². The number of hydrogen-bond acceptors (Lipinski definition) is 3.